The standard InChI is InChI=1S/C23H19ClN6O3/c1-13-20(23-26-21(28-33-23)17-9-4-5-10-19(17)31-3)27-29-30(13)12-18-14(2)32-22(25-18)15-7-6-8-16(24)11-15/h4-11H,12H2,1-3H3. The molecule has 0 aliphatic heterocycles. The van der Waals surface area contributed by atoms with Crippen LogP contribution in [0.4, 0.5) is 0 Å². The third-order valence-electron chi connectivity index (χ3n) is 5.22. The van der Waals surface area contributed by atoms with Gasteiger partial charge in [0.15, 0.2) is 5.69 Å². The van der Waals surface area contributed by atoms with Gasteiger partial charge >= 0.3 is 0 Å². The summed E-state index contributed by atoms with van der Waals surface area (Å²) in [6.07, 6.45) is 0. The third kappa shape index (κ3) is 3.98. The summed E-state index contributed by atoms with van der Waals surface area (Å²) in [5.41, 5.74) is 3.54. The highest BCUT2D eigenvalue weighted by atomic mass is 35.5. The number of benzene rings is 2. The van der Waals surface area contributed by atoms with Gasteiger partial charge in [-0.25, -0.2) is 9.67 Å². The van der Waals surface area contributed by atoms with E-state index < -0.39 is 0 Å². The summed E-state index contributed by atoms with van der Waals surface area (Å²) in [6.45, 7) is 4.12. The van der Waals surface area contributed by atoms with Crippen LogP contribution in [0.3, 0.4) is 0 Å². The van der Waals surface area contributed by atoms with E-state index in [0.717, 1.165) is 22.5 Å². The molecule has 3 aromatic heterocycles. The number of oxazole rings is 1. The molecule has 5 aromatic rings. The second kappa shape index (κ2) is 8.51. The Bertz CT molecular complexity index is 1440. The van der Waals surface area contributed by atoms with E-state index in [9.17, 15) is 0 Å². The molecule has 0 bridgehead atoms. The van der Waals surface area contributed by atoms with Crippen molar-refractivity contribution in [3.05, 3.63) is 70.7 Å². The lowest BCUT2D eigenvalue weighted by atomic mass is 10.2. The van der Waals surface area contributed by atoms with E-state index in [1.807, 2.05) is 56.3 Å². The first-order valence-electron chi connectivity index (χ1n) is 10.1. The minimum Gasteiger partial charge on any atom is -0.496 e. The Kier molecular flexibility index (Phi) is 5.39. The number of rotatable bonds is 6. The molecule has 5 rings (SSSR count). The van der Waals surface area contributed by atoms with Crippen molar-refractivity contribution in [1.82, 2.24) is 30.1 Å². The van der Waals surface area contributed by atoms with Crippen molar-refractivity contribution < 1.29 is 13.7 Å². The van der Waals surface area contributed by atoms with Crippen molar-refractivity contribution >= 4 is 11.6 Å². The van der Waals surface area contributed by atoms with Crippen molar-refractivity contribution in [1.29, 1.82) is 0 Å². The van der Waals surface area contributed by atoms with E-state index in [-0.39, 0.29) is 5.89 Å². The van der Waals surface area contributed by atoms with Gasteiger partial charge in [0.1, 0.15) is 17.2 Å². The molecule has 10 heteroatoms. The molecule has 0 aliphatic carbocycles. The molecule has 0 atom stereocenters. The first-order valence-corrected chi connectivity index (χ1v) is 10.5. The summed E-state index contributed by atoms with van der Waals surface area (Å²) < 4.78 is 18.4. The molecule has 0 N–H and O–H groups in total. The first kappa shape index (κ1) is 20.9. The van der Waals surface area contributed by atoms with Crippen LogP contribution in [0.1, 0.15) is 17.1 Å². The van der Waals surface area contributed by atoms with Gasteiger partial charge in [0.25, 0.3) is 5.89 Å². The molecule has 3 heterocycles. The Balaban J connectivity index is 1.41. The molecule has 0 aliphatic rings. The zero-order valence-electron chi connectivity index (χ0n) is 18.1. The van der Waals surface area contributed by atoms with Crippen LogP contribution >= 0.6 is 11.6 Å². The molecule has 2 aromatic carbocycles. The number of aromatic nitrogens is 6. The Morgan fingerprint density at radius 2 is 1.88 bits per heavy atom. The minimum atomic E-state index is 0.274. The van der Waals surface area contributed by atoms with Crippen LogP contribution in [0.25, 0.3) is 34.4 Å². The van der Waals surface area contributed by atoms with Gasteiger partial charge in [-0.15, -0.1) is 5.10 Å². The van der Waals surface area contributed by atoms with Gasteiger partial charge in [-0.3, -0.25) is 0 Å². The molecular formula is C23H19ClN6O3. The molecule has 0 saturated carbocycles. The van der Waals surface area contributed by atoms with Crippen molar-refractivity contribution in [2.24, 2.45) is 0 Å². The highest BCUT2D eigenvalue weighted by Crippen LogP contribution is 2.30. The number of methoxy groups -OCH3 is 1. The average molecular weight is 463 g/mol. The maximum atomic E-state index is 6.09. The smallest absolute Gasteiger partial charge is 0.280 e. The molecule has 0 amide bonds. The van der Waals surface area contributed by atoms with Gasteiger partial charge in [-0.1, -0.05) is 40.2 Å². The predicted octanol–water partition coefficient (Wildman–Crippen LogP) is 4.98. The van der Waals surface area contributed by atoms with E-state index in [2.05, 4.69) is 25.4 Å². The highest BCUT2D eigenvalue weighted by molar-refractivity contribution is 6.30. The topological polar surface area (TPSA) is 105 Å². The van der Waals surface area contributed by atoms with Gasteiger partial charge in [0.2, 0.25) is 11.7 Å². The maximum Gasteiger partial charge on any atom is 0.280 e. The predicted molar refractivity (Wildman–Crippen MR) is 121 cm³/mol. The summed E-state index contributed by atoms with van der Waals surface area (Å²) >= 11 is 6.09. The zero-order chi connectivity index (χ0) is 22.9. The van der Waals surface area contributed by atoms with Crippen molar-refractivity contribution in [3.63, 3.8) is 0 Å². The molecule has 0 spiro atoms. The third-order valence-corrected chi connectivity index (χ3v) is 5.46. The van der Waals surface area contributed by atoms with Gasteiger partial charge in [0, 0.05) is 10.6 Å². The van der Waals surface area contributed by atoms with Crippen LogP contribution in [-0.4, -0.2) is 37.2 Å². The van der Waals surface area contributed by atoms with E-state index >= 15 is 0 Å². The van der Waals surface area contributed by atoms with Crippen LogP contribution in [0, 0.1) is 13.8 Å². The maximum absolute atomic E-state index is 6.09. The van der Waals surface area contributed by atoms with Crippen LogP contribution < -0.4 is 4.74 Å². The van der Waals surface area contributed by atoms with E-state index in [1.165, 1.54) is 0 Å². The monoisotopic (exact) mass is 462 g/mol. The average Bonchev–Trinajstić information content (AvgIpc) is 3.54. The summed E-state index contributed by atoms with van der Waals surface area (Å²) in [5.74, 6) is 2.53. The van der Waals surface area contributed by atoms with Crippen LogP contribution in [0.15, 0.2) is 57.5 Å². The lowest BCUT2D eigenvalue weighted by Gasteiger charge is -2.03. The van der Waals surface area contributed by atoms with E-state index in [4.69, 9.17) is 25.3 Å². The highest BCUT2D eigenvalue weighted by Gasteiger charge is 2.21. The molecule has 0 saturated heterocycles. The van der Waals surface area contributed by atoms with Gasteiger partial charge < -0.3 is 13.7 Å². The second-order valence-electron chi connectivity index (χ2n) is 7.34. The van der Waals surface area contributed by atoms with E-state index in [0.29, 0.717) is 40.5 Å². The fourth-order valence-electron chi connectivity index (χ4n) is 3.43. The minimum absolute atomic E-state index is 0.274. The first-order chi connectivity index (χ1) is 16.0. The largest absolute Gasteiger partial charge is 0.496 e. The number of hydrogen-bond donors (Lipinski definition) is 0. The van der Waals surface area contributed by atoms with Crippen molar-refractivity contribution in [2.75, 3.05) is 7.11 Å². The normalized spacial score (nSPS) is 11.2. The molecule has 0 fully saturated rings. The number of hydrogen-bond acceptors (Lipinski definition) is 8. The number of nitrogens with zero attached hydrogens (tertiary/aromatic N) is 6. The lowest BCUT2D eigenvalue weighted by Crippen LogP contribution is -2.05. The van der Waals surface area contributed by atoms with Crippen LogP contribution in [-0.2, 0) is 6.54 Å². The number of halogens is 1. The number of para-hydroxylation sites is 1. The summed E-state index contributed by atoms with van der Waals surface area (Å²) in [7, 11) is 1.60. The van der Waals surface area contributed by atoms with Crippen molar-refractivity contribution in [3.8, 4) is 40.2 Å². The Morgan fingerprint density at radius 3 is 2.70 bits per heavy atom. The fourth-order valence-corrected chi connectivity index (χ4v) is 3.62. The Morgan fingerprint density at radius 1 is 1.03 bits per heavy atom. The van der Waals surface area contributed by atoms with Crippen molar-refractivity contribution in [2.45, 2.75) is 20.4 Å². The lowest BCUT2D eigenvalue weighted by molar-refractivity contribution is 0.413. The van der Waals surface area contributed by atoms with E-state index in [1.54, 1.807) is 17.9 Å². The quantitative estimate of drug-likeness (QED) is 0.348. The molecule has 9 nitrogen and oxygen atoms in total. The van der Waals surface area contributed by atoms with Gasteiger partial charge in [-0.2, -0.15) is 4.98 Å². The Labute approximate surface area is 194 Å². The number of ether oxygens (including phenoxy) is 1. The summed E-state index contributed by atoms with van der Waals surface area (Å²) in [4.78, 5) is 9.11. The number of aryl methyl sites for hydroxylation is 1. The molecule has 166 valence electrons. The SMILES string of the molecule is COc1ccccc1-c1noc(-c2nnn(Cc3nc(-c4cccc(Cl)c4)oc3C)c2C)n1. The summed E-state index contributed by atoms with van der Waals surface area (Å²) in [6, 6.07) is 14.8. The Hall–Kier alpha value is -3.98. The summed E-state index contributed by atoms with van der Waals surface area (Å²) in [5, 5.41) is 13.2. The van der Waals surface area contributed by atoms with Gasteiger partial charge in [0.05, 0.1) is 24.9 Å². The molecular weight excluding hydrogens is 444 g/mol. The molecule has 0 unspecified atom stereocenters. The van der Waals surface area contributed by atoms with Gasteiger partial charge in [-0.05, 0) is 44.2 Å². The van der Waals surface area contributed by atoms with Crippen LogP contribution in [0.2, 0.25) is 5.02 Å². The zero-order valence-corrected chi connectivity index (χ0v) is 18.9. The van der Waals surface area contributed by atoms with Crippen LogP contribution in [0.5, 0.6) is 5.75 Å². The molecule has 0 radical (unpaired) electrons. The molecule has 33 heavy (non-hydrogen) atoms. The second-order valence-corrected chi connectivity index (χ2v) is 7.77. The fraction of sp³-hybridized carbons (Fsp3) is 0.174.